The number of hydrogen-bond acceptors (Lipinski definition) is 2. The van der Waals surface area contributed by atoms with Crippen molar-refractivity contribution < 1.29 is 4.79 Å². The standard InChI is InChI=1S/C23H31N3O/c1-19(12-13-20-8-4-2-5-9-20)24-23(27)25-22-14-16-26(17-15-22)18-21-10-6-3-7-11-21/h2-11,19,22H,12-18H2,1H3,(H2,24,25,27)/t19-/m1/s1. The van der Waals surface area contributed by atoms with Gasteiger partial charge in [0.1, 0.15) is 0 Å². The first kappa shape index (κ1) is 19.4. The zero-order valence-electron chi connectivity index (χ0n) is 16.2. The van der Waals surface area contributed by atoms with Gasteiger partial charge in [-0.1, -0.05) is 60.7 Å². The van der Waals surface area contributed by atoms with Gasteiger partial charge in [0, 0.05) is 31.7 Å². The van der Waals surface area contributed by atoms with E-state index in [1.165, 1.54) is 11.1 Å². The average molecular weight is 366 g/mol. The normalized spacial score (nSPS) is 16.6. The van der Waals surface area contributed by atoms with Gasteiger partial charge in [-0.15, -0.1) is 0 Å². The molecule has 2 aromatic carbocycles. The lowest BCUT2D eigenvalue weighted by Crippen LogP contribution is -2.49. The van der Waals surface area contributed by atoms with Gasteiger partial charge < -0.3 is 10.6 Å². The lowest BCUT2D eigenvalue weighted by Gasteiger charge is -2.32. The molecule has 0 spiro atoms. The Hall–Kier alpha value is -2.33. The second kappa shape index (κ2) is 10.1. The van der Waals surface area contributed by atoms with E-state index in [1.54, 1.807) is 0 Å². The molecule has 1 heterocycles. The summed E-state index contributed by atoms with van der Waals surface area (Å²) >= 11 is 0. The Morgan fingerprint density at radius 1 is 1.00 bits per heavy atom. The quantitative estimate of drug-likeness (QED) is 0.780. The van der Waals surface area contributed by atoms with E-state index in [-0.39, 0.29) is 18.1 Å². The highest BCUT2D eigenvalue weighted by atomic mass is 16.2. The summed E-state index contributed by atoms with van der Waals surface area (Å²) in [5.41, 5.74) is 2.67. The molecule has 0 unspecified atom stereocenters. The number of nitrogens with one attached hydrogen (secondary N) is 2. The number of carbonyl (C=O) groups is 1. The third-order valence-electron chi connectivity index (χ3n) is 5.26. The van der Waals surface area contributed by atoms with Crippen LogP contribution in [0.1, 0.15) is 37.3 Å². The molecular weight excluding hydrogens is 334 g/mol. The number of hydrogen-bond donors (Lipinski definition) is 2. The Morgan fingerprint density at radius 2 is 1.59 bits per heavy atom. The van der Waals surface area contributed by atoms with Crippen LogP contribution < -0.4 is 10.6 Å². The molecule has 2 amide bonds. The fourth-order valence-electron chi connectivity index (χ4n) is 3.63. The second-order valence-electron chi connectivity index (χ2n) is 7.58. The van der Waals surface area contributed by atoms with Crippen molar-refractivity contribution in [1.82, 2.24) is 15.5 Å². The minimum atomic E-state index is -0.0305. The largest absolute Gasteiger partial charge is 0.336 e. The number of piperidine rings is 1. The average Bonchev–Trinajstić information content (AvgIpc) is 2.69. The molecule has 3 rings (SSSR count). The molecule has 144 valence electrons. The molecule has 1 atom stereocenters. The van der Waals surface area contributed by atoms with Crippen LogP contribution in [0.5, 0.6) is 0 Å². The van der Waals surface area contributed by atoms with Crippen LogP contribution in [0, 0.1) is 0 Å². The van der Waals surface area contributed by atoms with E-state index in [1.807, 2.05) is 6.07 Å². The second-order valence-corrected chi connectivity index (χ2v) is 7.58. The molecule has 1 fully saturated rings. The lowest BCUT2D eigenvalue weighted by molar-refractivity contribution is 0.185. The highest BCUT2D eigenvalue weighted by Gasteiger charge is 2.21. The maximum Gasteiger partial charge on any atom is 0.315 e. The van der Waals surface area contributed by atoms with E-state index >= 15 is 0 Å². The number of likely N-dealkylation sites (tertiary alicyclic amines) is 1. The van der Waals surface area contributed by atoms with Crippen LogP contribution in [0.4, 0.5) is 4.79 Å². The molecule has 4 nitrogen and oxygen atoms in total. The van der Waals surface area contributed by atoms with Crippen molar-refractivity contribution in [3.63, 3.8) is 0 Å². The van der Waals surface area contributed by atoms with E-state index in [0.717, 1.165) is 45.3 Å². The smallest absolute Gasteiger partial charge is 0.315 e. The Labute approximate surface area is 163 Å². The first-order valence-corrected chi connectivity index (χ1v) is 10.1. The van der Waals surface area contributed by atoms with Crippen molar-refractivity contribution in [3.05, 3.63) is 71.8 Å². The molecule has 0 aliphatic carbocycles. The SMILES string of the molecule is C[C@H](CCc1ccccc1)NC(=O)NC1CCN(Cc2ccccc2)CC1. The van der Waals surface area contributed by atoms with Gasteiger partial charge in [-0.2, -0.15) is 0 Å². The van der Waals surface area contributed by atoms with Crippen LogP contribution in [0.3, 0.4) is 0 Å². The zero-order valence-corrected chi connectivity index (χ0v) is 16.2. The van der Waals surface area contributed by atoms with Crippen LogP contribution in [0.2, 0.25) is 0 Å². The summed E-state index contributed by atoms with van der Waals surface area (Å²) in [7, 11) is 0. The highest BCUT2D eigenvalue weighted by molar-refractivity contribution is 5.74. The van der Waals surface area contributed by atoms with Gasteiger partial charge in [0.05, 0.1) is 0 Å². The first-order valence-electron chi connectivity index (χ1n) is 10.1. The molecule has 0 radical (unpaired) electrons. The predicted molar refractivity (Wildman–Crippen MR) is 111 cm³/mol. The molecule has 1 aliphatic heterocycles. The third-order valence-corrected chi connectivity index (χ3v) is 5.26. The van der Waals surface area contributed by atoms with E-state index in [0.29, 0.717) is 0 Å². The minimum absolute atomic E-state index is 0.0305. The van der Waals surface area contributed by atoms with Crippen molar-refractivity contribution >= 4 is 6.03 Å². The van der Waals surface area contributed by atoms with Crippen molar-refractivity contribution in [2.45, 2.75) is 51.2 Å². The van der Waals surface area contributed by atoms with Crippen LogP contribution in [-0.2, 0) is 13.0 Å². The van der Waals surface area contributed by atoms with Crippen molar-refractivity contribution in [1.29, 1.82) is 0 Å². The summed E-state index contributed by atoms with van der Waals surface area (Å²) in [4.78, 5) is 14.7. The van der Waals surface area contributed by atoms with Crippen LogP contribution >= 0.6 is 0 Å². The van der Waals surface area contributed by atoms with Gasteiger partial charge in [-0.05, 0) is 43.7 Å². The highest BCUT2D eigenvalue weighted by Crippen LogP contribution is 2.14. The zero-order chi connectivity index (χ0) is 18.9. The van der Waals surface area contributed by atoms with E-state index in [4.69, 9.17) is 0 Å². The number of benzene rings is 2. The maximum absolute atomic E-state index is 12.3. The molecule has 0 bridgehead atoms. The fourth-order valence-corrected chi connectivity index (χ4v) is 3.63. The molecular formula is C23H31N3O. The molecule has 27 heavy (non-hydrogen) atoms. The summed E-state index contributed by atoms with van der Waals surface area (Å²) in [5, 5.41) is 6.24. The number of amides is 2. The summed E-state index contributed by atoms with van der Waals surface area (Å²) in [6.07, 6.45) is 3.96. The van der Waals surface area contributed by atoms with Crippen LogP contribution in [0.15, 0.2) is 60.7 Å². The lowest BCUT2D eigenvalue weighted by atomic mass is 10.0. The summed E-state index contributed by atoms with van der Waals surface area (Å²) in [6.45, 7) is 5.13. The Balaban J connectivity index is 1.33. The van der Waals surface area contributed by atoms with Gasteiger partial charge in [0.25, 0.3) is 0 Å². The Bertz CT molecular complexity index is 681. The van der Waals surface area contributed by atoms with Gasteiger partial charge in [-0.25, -0.2) is 4.79 Å². The number of aryl methyl sites for hydroxylation is 1. The Kier molecular flexibility index (Phi) is 7.28. The van der Waals surface area contributed by atoms with Gasteiger partial charge in [-0.3, -0.25) is 4.90 Å². The van der Waals surface area contributed by atoms with E-state index < -0.39 is 0 Å². The molecule has 1 saturated heterocycles. The third kappa shape index (κ3) is 6.72. The monoisotopic (exact) mass is 365 g/mol. The van der Waals surface area contributed by atoms with Crippen LogP contribution in [0.25, 0.3) is 0 Å². The number of nitrogens with zero attached hydrogens (tertiary/aromatic N) is 1. The molecule has 0 aromatic heterocycles. The molecule has 2 aromatic rings. The molecule has 2 N–H and O–H groups in total. The Morgan fingerprint density at radius 3 is 2.22 bits per heavy atom. The van der Waals surface area contributed by atoms with E-state index in [9.17, 15) is 4.79 Å². The first-order chi connectivity index (χ1) is 13.2. The maximum atomic E-state index is 12.3. The topological polar surface area (TPSA) is 44.4 Å². The number of urea groups is 1. The minimum Gasteiger partial charge on any atom is -0.336 e. The summed E-state index contributed by atoms with van der Waals surface area (Å²) in [6, 6.07) is 21.4. The summed E-state index contributed by atoms with van der Waals surface area (Å²) < 4.78 is 0. The van der Waals surface area contributed by atoms with Gasteiger partial charge in [0.15, 0.2) is 0 Å². The van der Waals surface area contributed by atoms with Crippen LogP contribution in [-0.4, -0.2) is 36.1 Å². The van der Waals surface area contributed by atoms with Crippen molar-refractivity contribution in [2.75, 3.05) is 13.1 Å². The number of carbonyl (C=O) groups excluding carboxylic acids is 1. The summed E-state index contributed by atoms with van der Waals surface area (Å²) in [5.74, 6) is 0. The predicted octanol–water partition coefficient (Wildman–Crippen LogP) is 3.97. The van der Waals surface area contributed by atoms with Crippen molar-refractivity contribution in [3.8, 4) is 0 Å². The van der Waals surface area contributed by atoms with Gasteiger partial charge in [0.2, 0.25) is 0 Å². The number of rotatable bonds is 7. The van der Waals surface area contributed by atoms with Crippen molar-refractivity contribution in [2.24, 2.45) is 0 Å². The fraction of sp³-hybridized carbons (Fsp3) is 0.435. The van der Waals surface area contributed by atoms with Gasteiger partial charge >= 0.3 is 6.03 Å². The molecule has 0 saturated carbocycles. The molecule has 1 aliphatic rings. The van der Waals surface area contributed by atoms with E-state index in [2.05, 4.69) is 77.1 Å². The molecule has 4 heteroatoms.